The Kier molecular flexibility index (Phi) is 6.84. The van der Waals surface area contributed by atoms with Gasteiger partial charge in [-0.2, -0.15) is 0 Å². The Labute approximate surface area is 177 Å². The molecule has 1 aromatic rings. The molecule has 30 heavy (non-hydrogen) atoms. The van der Waals surface area contributed by atoms with E-state index in [2.05, 4.69) is 17.6 Å². The van der Waals surface area contributed by atoms with Crippen LogP contribution in [0.15, 0.2) is 18.2 Å². The van der Waals surface area contributed by atoms with Gasteiger partial charge >= 0.3 is 6.03 Å². The molecule has 0 unspecified atom stereocenters. The summed E-state index contributed by atoms with van der Waals surface area (Å²) in [6.07, 6.45) is 5.40. The van der Waals surface area contributed by atoms with Gasteiger partial charge < -0.3 is 20.1 Å². The van der Waals surface area contributed by atoms with Crippen molar-refractivity contribution in [2.24, 2.45) is 0 Å². The molecule has 2 atom stereocenters. The monoisotopic (exact) mass is 417 g/mol. The lowest BCUT2D eigenvalue weighted by Gasteiger charge is -2.25. The summed E-state index contributed by atoms with van der Waals surface area (Å²) in [6.45, 7) is 6.32. The van der Waals surface area contributed by atoms with Crippen molar-refractivity contribution in [1.82, 2.24) is 15.5 Å². The van der Waals surface area contributed by atoms with Crippen LogP contribution in [0.1, 0.15) is 58.4 Å². The summed E-state index contributed by atoms with van der Waals surface area (Å²) in [5.74, 6) is 0.340. The fourth-order valence-electron chi connectivity index (χ4n) is 3.80. The normalized spacial score (nSPS) is 21.4. The Hall–Kier alpha value is -2.77. The highest BCUT2D eigenvalue weighted by Crippen LogP contribution is 2.36. The molecule has 2 aliphatic rings. The summed E-state index contributed by atoms with van der Waals surface area (Å²) in [6, 6.07) is 4.58. The van der Waals surface area contributed by atoms with Crippen molar-refractivity contribution in [3.8, 4) is 11.5 Å². The molecule has 1 aromatic carbocycles. The fourth-order valence-corrected chi connectivity index (χ4v) is 3.80. The van der Waals surface area contributed by atoms with E-state index in [0.29, 0.717) is 30.3 Å². The molecule has 2 heterocycles. The van der Waals surface area contributed by atoms with Gasteiger partial charge in [0, 0.05) is 6.04 Å². The van der Waals surface area contributed by atoms with Gasteiger partial charge in [0.2, 0.25) is 5.91 Å². The third-order valence-electron chi connectivity index (χ3n) is 5.59. The predicted octanol–water partition coefficient (Wildman–Crippen LogP) is 2.70. The molecule has 8 nitrogen and oxygen atoms in total. The van der Waals surface area contributed by atoms with Crippen molar-refractivity contribution in [3.63, 3.8) is 0 Å². The van der Waals surface area contributed by atoms with Crippen LogP contribution in [0.3, 0.4) is 0 Å². The van der Waals surface area contributed by atoms with Crippen molar-refractivity contribution < 1.29 is 23.9 Å². The van der Waals surface area contributed by atoms with Gasteiger partial charge in [-0.1, -0.05) is 38.7 Å². The maximum Gasteiger partial charge on any atom is 0.325 e. The van der Waals surface area contributed by atoms with E-state index in [1.165, 1.54) is 6.42 Å². The van der Waals surface area contributed by atoms with E-state index >= 15 is 0 Å². The lowest BCUT2D eigenvalue weighted by Crippen LogP contribution is -2.45. The molecule has 1 fully saturated rings. The first-order chi connectivity index (χ1) is 14.3. The van der Waals surface area contributed by atoms with Crippen LogP contribution >= 0.6 is 0 Å². The number of nitrogens with one attached hydrogen (secondary N) is 2. The number of imide groups is 1. The number of amides is 4. The Morgan fingerprint density at radius 2 is 1.93 bits per heavy atom. The number of fused-ring (bicyclic) bond motifs is 1. The van der Waals surface area contributed by atoms with Crippen LogP contribution in [0.2, 0.25) is 0 Å². The van der Waals surface area contributed by atoms with Crippen LogP contribution in [0.25, 0.3) is 0 Å². The van der Waals surface area contributed by atoms with Crippen LogP contribution in [0.4, 0.5) is 4.79 Å². The van der Waals surface area contributed by atoms with Gasteiger partial charge in [0.25, 0.3) is 5.91 Å². The van der Waals surface area contributed by atoms with Crippen molar-refractivity contribution in [2.45, 2.75) is 64.5 Å². The lowest BCUT2D eigenvalue weighted by atomic mass is 9.91. The zero-order valence-corrected chi connectivity index (χ0v) is 18.0. The molecule has 0 aromatic heterocycles. The fraction of sp³-hybridized carbons (Fsp3) is 0.591. The van der Waals surface area contributed by atoms with Gasteiger partial charge in [0.15, 0.2) is 11.5 Å². The maximum absolute atomic E-state index is 13.1. The minimum Gasteiger partial charge on any atom is -0.486 e. The summed E-state index contributed by atoms with van der Waals surface area (Å²) in [5.41, 5.74) is -0.684. The number of rotatable bonds is 9. The summed E-state index contributed by atoms with van der Waals surface area (Å²) in [5, 5.41) is 5.60. The first-order valence-corrected chi connectivity index (χ1v) is 10.7. The molecule has 2 N–H and O–H groups in total. The number of nitrogens with zero attached hydrogens (tertiary/aromatic N) is 1. The maximum atomic E-state index is 13.1. The molecule has 0 radical (unpaired) electrons. The van der Waals surface area contributed by atoms with Gasteiger partial charge in [0.1, 0.15) is 25.3 Å². The average Bonchev–Trinajstić information content (AvgIpc) is 2.94. The highest BCUT2D eigenvalue weighted by molar-refractivity contribution is 6.09. The highest BCUT2D eigenvalue weighted by atomic mass is 16.6. The topological polar surface area (TPSA) is 97.0 Å². The third-order valence-corrected chi connectivity index (χ3v) is 5.59. The van der Waals surface area contributed by atoms with Gasteiger partial charge in [-0.05, 0) is 38.0 Å². The minimum absolute atomic E-state index is 0.000647. The number of benzene rings is 1. The molecule has 1 saturated heterocycles. The number of hydrogen-bond donors (Lipinski definition) is 2. The van der Waals surface area contributed by atoms with Crippen molar-refractivity contribution in [3.05, 3.63) is 23.8 Å². The van der Waals surface area contributed by atoms with Crippen molar-refractivity contribution >= 4 is 17.8 Å². The highest BCUT2D eigenvalue weighted by Gasteiger charge is 2.49. The van der Waals surface area contributed by atoms with Crippen LogP contribution in [0, 0.1) is 0 Å². The van der Waals surface area contributed by atoms with Gasteiger partial charge in [0.05, 0.1) is 0 Å². The first kappa shape index (κ1) is 21.9. The Morgan fingerprint density at radius 1 is 1.20 bits per heavy atom. The van der Waals surface area contributed by atoms with Crippen LogP contribution < -0.4 is 20.1 Å². The largest absolute Gasteiger partial charge is 0.486 e. The van der Waals surface area contributed by atoms with Crippen molar-refractivity contribution in [1.29, 1.82) is 0 Å². The molecule has 164 valence electrons. The summed E-state index contributed by atoms with van der Waals surface area (Å²) >= 11 is 0. The lowest BCUT2D eigenvalue weighted by molar-refractivity contribution is -0.135. The summed E-state index contributed by atoms with van der Waals surface area (Å²) in [7, 11) is 0. The van der Waals surface area contributed by atoms with E-state index < -0.39 is 17.5 Å². The predicted molar refractivity (Wildman–Crippen MR) is 111 cm³/mol. The zero-order chi connectivity index (χ0) is 21.7. The number of urea groups is 1. The molecule has 0 bridgehead atoms. The molecule has 0 spiro atoms. The Bertz CT molecular complexity index is 812. The zero-order valence-electron chi connectivity index (χ0n) is 18.0. The molecule has 4 amide bonds. The number of carbonyl (C=O) groups excluding carboxylic acids is 3. The second-order valence-electron chi connectivity index (χ2n) is 8.12. The molecular formula is C22H31N3O5. The Morgan fingerprint density at radius 3 is 2.67 bits per heavy atom. The van der Waals surface area contributed by atoms with E-state index in [1.807, 2.05) is 6.92 Å². The van der Waals surface area contributed by atoms with E-state index in [-0.39, 0.29) is 18.5 Å². The summed E-state index contributed by atoms with van der Waals surface area (Å²) in [4.78, 5) is 38.9. The van der Waals surface area contributed by atoms with Crippen LogP contribution in [0.5, 0.6) is 11.5 Å². The van der Waals surface area contributed by atoms with Crippen LogP contribution in [-0.4, -0.2) is 48.5 Å². The number of hydrogen-bond acceptors (Lipinski definition) is 5. The van der Waals surface area contributed by atoms with E-state index in [0.717, 1.165) is 30.6 Å². The standard InChI is InChI=1S/C22H31N3O5/c1-4-5-6-7-8-15(2)23-19(26)14-25-20(27)22(3,24-21(25)28)16-9-10-17-18(13-16)30-12-11-29-17/h9-10,13,15H,4-8,11-12,14H2,1-3H3,(H,23,26)(H,24,28)/t15-,22+/m1/s1. The van der Waals surface area contributed by atoms with Gasteiger partial charge in [-0.3, -0.25) is 14.5 Å². The van der Waals surface area contributed by atoms with Gasteiger partial charge in [-0.25, -0.2) is 4.79 Å². The summed E-state index contributed by atoms with van der Waals surface area (Å²) < 4.78 is 11.1. The first-order valence-electron chi connectivity index (χ1n) is 10.7. The molecule has 0 saturated carbocycles. The van der Waals surface area contributed by atoms with E-state index in [9.17, 15) is 14.4 Å². The smallest absolute Gasteiger partial charge is 0.325 e. The second kappa shape index (κ2) is 9.36. The van der Waals surface area contributed by atoms with Crippen molar-refractivity contribution in [2.75, 3.05) is 19.8 Å². The van der Waals surface area contributed by atoms with E-state index in [4.69, 9.17) is 9.47 Å². The molecule has 0 aliphatic carbocycles. The second-order valence-corrected chi connectivity index (χ2v) is 8.12. The van der Waals surface area contributed by atoms with Gasteiger partial charge in [-0.15, -0.1) is 0 Å². The molecule has 2 aliphatic heterocycles. The molecule has 3 rings (SSSR count). The third kappa shape index (κ3) is 4.68. The minimum atomic E-state index is -1.26. The molecule has 8 heteroatoms. The number of unbranched alkanes of at least 4 members (excludes halogenated alkanes) is 3. The SMILES string of the molecule is CCCCCC[C@@H](C)NC(=O)CN1C(=O)N[C@@](C)(c2ccc3c(c2)OCCO3)C1=O. The number of ether oxygens (including phenoxy) is 2. The average molecular weight is 418 g/mol. The van der Waals surface area contributed by atoms with E-state index in [1.54, 1.807) is 25.1 Å². The van der Waals surface area contributed by atoms with Crippen LogP contribution in [-0.2, 0) is 15.1 Å². The quantitative estimate of drug-likeness (QED) is 0.476. The Balaban J connectivity index is 1.62. The molecular weight excluding hydrogens is 386 g/mol. The number of carbonyl (C=O) groups is 3.